The lowest BCUT2D eigenvalue weighted by Gasteiger charge is -2.39. The van der Waals surface area contributed by atoms with Crippen molar-refractivity contribution in [3.8, 4) is 0 Å². The predicted molar refractivity (Wildman–Crippen MR) is 93.7 cm³/mol. The molecule has 2 unspecified atom stereocenters. The molecule has 0 radical (unpaired) electrons. The van der Waals surface area contributed by atoms with Crippen LogP contribution < -0.4 is 5.32 Å². The second-order valence-corrected chi connectivity index (χ2v) is 6.94. The van der Waals surface area contributed by atoms with Gasteiger partial charge in [0.15, 0.2) is 0 Å². The van der Waals surface area contributed by atoms with Crippen LogP contribution in [0.2, 0.25) is 0 Å². The number of benzene rings is 1. The number of halogens is 1. The lowest BCUT2D eigenvalue weighted by atomic mass is 10.0. The molecule has 3 nitrogen and oxygen atoms in total. The molecule has 1 saturated heterocycles. The molecule has 0 aromatic heterocycles. The van der Waals surface area contributed by atoms with Crippen molar-refractivity contribution >= 4 is 15.9 Å². The van der Waals surface area contributed by atoms with Gasteiger partial charge in [-0.15, -0.1) is 0 Å². The smallest absolute Gasteiger partial charge is 0.0330 e. The van der Waals surface area contributed by atoms with Crippen molar-refractivity contribution in [1.82, 2.24) is 15.1 Å². The zero-order chi connectivity index (χ0) is 15.2. The molecule has 0 amide bonds. The molecule has 4 heteroatoms. The third kappa shape index (κ3) is 4.78. The quantitative estimate of drug-likeness (QED) is 0.847. The number of nitrogens with zero attached hydrogens (tertiary/aromatic N) is 2. The molecule has 0 spiro atoms. The van der Waals surface area contributed by atoms with Gasteiger partial charge in [0.25, 0.3) is 0 Å². The van der Waals surface area contributed by atoms with Crippen molar-refractivity contribution in [2.24, 2.45) is 0 Å². The Morgan fingerprint density at radius 1 is 1.38 bits per heavy atom. The molecule has 1 aromatic rings. The van der Waals surface area contributed by atoms with Crippen LogP contribution in [0.3, 0.4) is 0 Å². The first kappa shape index (κ1) is 16.9. The van der Waals surface area contributed by atoms with E-state index in [-0.39, 0.29) is 0 Å². The van der Waals surface area contributed by atoms with Crippen LogP contribution in [0.5, 0.6) is 0 Å². The normalized spacial score (nSPS) is 22.4. The molecule has 1 aromatic carbocycles. The van der Waals surface area contributed by atoms with E-state index in [4.69, 9.17) is 0 Å². The lowest BCUT2D eigenvalue weighted by molar-refractivity contribution is 0.0904. The summed E-state index contributed by atoms with van der Waals surface area (Å²) < 4.78 is 1.16. The van der Waals surface area contributed by atoms with Crippen LogP contribution in [-0.2, 0) is 0 Å². The van der Waals surface area contributed by atoms with E-state index >= 15 is 0 Å². The van der Waals surface area contributed by atoms with Gasteiger partial charge >= 0.3 is 0 Å². The fourth-order valence-corrected chi connectivity index (χ4v) is 3.58. The highest BCUT2D eigenvalue weighted by Gasteiger charge is 2.23. The first-order valence-corrected chi connectivity index (χ1v) is 8.78. The Balaban J connectivity index is 1.88. The first-order valence-electron chi connectivity index (χ1n) is 7.99. The summed E-state index contributed by atoms with van der Waals surface area (Å²) >= 11 is 3.57. The molecule has 1 fully saturated rings. The monoisotopic (exact) mass is 353 g/mol. The van der Waals surface area contributed by atoms with Crippen molar-refractivity contribution < 1.29 is 0 Å². The summed E-state index contributed by atoms with van der Waals surface area (Å²) in [6, 6.07) is 9.79. The van der Waals surface area contributed by atoms with E-state index in [2.05, 4.69) is 76.3 Å². The molecular weight excluding hydrogens is 326 g/mol. The van der Waals surface area contributed by atoms with Crippen molar-refractivity contribution in [2.75, 3.05) is 40.3 Å². The third-order valence-electron chi connectivity index (χ3n) is 4.67. The summed E-state index contributed by atoms with van der Waals surface area (Å²) in [4.78, 5) is 5.12. The maximum atomic E-state index is 3.57. The van der Waals surface area contributed by atoms with Gasteiger partial charge in [0, 0.05) is 42.7 Å². The van der Waals surface area contributed by atoms with Gasteiger partial charge in [-0.3, -0.25) is 0 Å². The highest BCUT2D eigenvalue weighted by Crippen LogP contribution is 2.21. The molecule has 1 N–H and O–H groups in total. The van der Waals surface area contributed by atoms with E-state index in [1.165, 1.54) is 38.2 Å². The van der Waals surface area contributed by atoms with Crippen molar-refractivity contribution in [3.63, 3.8) is 0 Å². The summed E-state index contributed by atoms with van der Waals surface area (Å²) in [5, 5.41) is 3.46. The van der Waals surface area contributed by atoms with Crippen molar-refractivity contribution in [1.29, 1.82) is 0 Å². The SMILES string of the molecule is CCC1CN(CCC(NC)c2cccc(Br)c2)CCN1C. The zero-order valence-corrected chi connectivity index (χ0v) is 15.1. The van der Waals surface area contributed by atoms with Crippen LogP contribution in [0.1, 0.15) is 31.4 Å². The Morgan fingerprint density at radius 2 is 2.19 bits per heavy atom. The van der Waals surface area contributed by atoms with Crippen molar-refractivity contribution in [2.45, 2.75) is 31.8 Å². The molecule has 1 aliphatic heterocycles. The van der Waals surface area contributed by atoms with Crippen LogP contribution in [0.15, 0.2) is 28.7 Å². The lowest BCUT2D eigenvalue weighted by Crippen LogP contribution is -2.51. The maximum Gasteiger partial charge on any atom is 0.0330 e. The fourth-order valence-electron chi connectivity index (χ4n) is 3.17. The fraction of sp³-hybridized carbons (Fsp3) is 0.647. The average Bonchev–Trinajstić information content (AvgIpc) is 2.49. The molecular formula is C17H28BrN3. The number of likely N-dealkylation sites (N-methyl/N-ethyl adjacent to an activating group) is 1. The van der Waals surface area contributed by atoms with Crippen LogP contribution in [0, 0.1) is 0 Å². The van der Waals surface area contributed by atoms with E-state index in [0.717, 1.165) is 16.9 Å². The third-order valence-corrected chi connectivity index (χ3v) is 5.16. The van der Waals surface area contributed by atoms with E-state index in [1.54, 1.807) is 0 Å². The highest BCUT2D eigenvalue weighted by atomic mass is 79.9. The van der Waals surface area contributed by atoms with Gasteiger partial charge in [-0.1, -0.05) is 35.0 Å². The second kappa shape index (κ2) is 8.28. The first-order chi connectivity index (χ1) is 10.1. The summed E-state index contributed by atoms with van der Waals surface area (Å²) in [6.07, 6.45) is 2.40. The molecule has 0 saturated carbocycles. The number of nitrogens with one attached hydrogen (secondary N) is 1. The van der Waals surface area contributed by atoms with E-state index in [0.29, 0.717) is 6.04 Å². The van der Waals surface area contributed by atoms with Gasteiger partial charge in [0.2, 0.25) is 0 Å². The van der Waals surface area contributed by atoms with Crippen LogP contribution in [-0.4, -0.2) is 56.1 Å². The summed E-state index contributed by atoms with van der Waals surface area (Å²) in [5.74, 6) is 0. The predicted octanol–water partition coefficient (Wildman–Crippen LogP) is 3.13. The number of rotatable bonds is 6. The topological polar surface area (TPSA) is 18.5 Å². The minimum absolute atomic E-state index is 0.433. The van der Waals surface area contributed by atoms with Gasteiger partial charge in [0.05, 0.1) is 0 Å². The highest BCUT2D eigenvalue weighted by molar-refractivity contribution is 9.10. The molecule has 2 rings (SSSR count). The minimum atomic E-state index is 0.433. The van der Waals surface area contributed by atoms with Gasteiger partial charge in [-0.2, -0.15) is 0 Å². The molecule has 0 aliphatic carbocycles. The summed E-state index contributed by atoms with van der Waals surface area (Å²) in [5.41, 5.74) is 1.37. The standard InChI is InChI=1S/C17H28BrN3/c1-4-16-13-21(11-10-20(16)3)9-8-17(19-2)14-6-5-7-15(18)12-14/h5-7,12,16-17,19H,4,8-11,13H2,1-3H3. The molecule has 0 bridgehead atoms. The minimum Gasteiger partial charge on any atom is -0.313 e. The Kier molecular flexibility index (Phi) is 6.68. The summed E-state index contributed by atoms with van der Waals surface area (Å²) in [6.45, 7) is 7.06. The Hall–Kier alpha value is -0.420. The van der Waals surface area contributed by atoms with Crippen LogP contribution in [0.4, 0.5) is 0 Å². The van der Waals surface area contributed by atoms with Gasteiger partial charge < -0.3 is 15.1 Å². The van der Waals surface area contributed by atoms with E-state index in [9.17, 15) is 0 Å². The molecule has 118 valence electrons. The molecule has 1 heterocycles. The number of hydrogen-bond acceptors (Lipinski definition) is 3. The second-order valence-electron chi connectivity index (χ2n) is 6.03. The number of hydrogen-bond donors (Lipinski definition) is 1. The molecule has 21 heavy (non-hydrogen) atoms. The largest absolute Gasteiger partial charge is 0.313 e. The van der Waals surface area contributed by atoms with Crippen LogP contribution in [0.25, 0.3) is 0 Å². The molecule has 1 aliphatic rings. The zero-order valence-electron chi connectivity index (χ0n) is 13.5. The average molecular weight is 354 g/mol. The van der Waals surface area contributed by atoms with Crippen LogP contribution >= 0.6 is 15.9 Å². The summed E-state index contributed by atoms with van der Waals surface area (Å²) in [7, 11) is 4.31. The van der Waals surface area contributed by atoms with E-state index in [1.807, 2.05) is 0 Å². The number of piperazine rings is 1. The Bertz CT molecular complexity index is 438. The van der Waals surface area contributed by atoms with Gasteiger partial charge in [-0.05, 0) is 44.6 Å². The Morgan fingerprint density at radius 3 is 2.86 bits per heavy atom. The van der Waals surface area contributed by atoms with Gasteiger partial charge in [-0.25, -0.2) is 0 Å². The Labute approximate surface area is 137 Å². The molecule has 2 atom stereocenters. The van der Waals surface area contributed by atoms with E-state index < -0.39 is 0 Å². The van der Waals surface area contributed by atoms with Crippen molar-refractivity contribution in [3.05, 3.63) is 34.3 Å². The van der Waals surface area contributed by atoms with Gasteiger partial charge in [0.1, 0.15) is 0 Å². The maximum absolute atomic E-state index is 3.57.